The summed E-state index contributed by atoms with van der Waals surface area (Å²) in [6, 6.07) is 3.59. The van der Waals surface area contributed by atoms with Crippen LogP contribution in [0, 0.1) is 5.41 Å². The van der Waals surface area contributed by atoms with Gasteiger partial charge in [-0.2, -0.15) is 0 Å². The number of nitrogens with two attached hydrogens (primary N) is 1. The lowest BCUT2D eigenvalue weighted by molar-refractivity contribution is 1.18. The fourth-order valence-electron chi connectivity index (χ4n) is 0.707. The van der Waals surface area contributed by atoms with Gasteiger partial charge in [0, 0.05) is 25.1 Å². The van der Waals surface area contributed by atoms with E-state index in [4.69, 9.17) is 11.1 Å². The van der Waals surface area contributed by atoms with Gasteiger partial charge in [-0.1, -0.05) is 0 Å². The predicted molar refractivity (Wildman–Crippen MR) is 44.6 cm³/mol. The van der Waals surface area contributed by atoms with Crippen molar-refractivity contribution in [1.82, 2.24) is 4.98 Å². The number of anilines is 1. The average molecular weight is 150 g/mol. The molecule has 0 fully saturated rings. The molecule has 1 aromatic heterocycles. The molecule has 58 valence electrons. The van der Waals surface area contributed by atoms with Gasteiger partial charge in [0.2, 0.25) is 0 Å². The summed E-state index contributed by atoms with van der Waals surface area (Å²) in [5.74, 6) is 0.0243. The first-order chi connectivity index (χ1) is 5.22. The van der Waals surface area contributed by atoms with Crippen LogP contribution in [0.1, 0.15) is 0 Å². The SMILES string of the molecule is CN(C(=N)N)c1ccncc1. The molecule has 4 nitrogen and oxygen atoms in total. The van der Waals surface area contributed by atoms with Crippen LogP contribution in [0.3, 0.4) is 0 Å². The molecule has 4 heteroatoms. The number of pyridine rings is 1. The Labute approximate surface area is 65.2 Å². The third kappa shape index (κ3) is 1.67. The summed E-state index contributed by atoms with van der Waals surface area (Å²) in [6.45, 7) is 0. The molecule has 0 amide bonds. The Morgan fingerprint density at radius 1 is 1.55 bits per heavy atom. The smallest absolute Gasteiger partial charge is 0.192 e. The third-order valence-electron chi connectivity index (χ3n) is 1.41. The molecule has 0 saturated carbocycles. The van der Waals surface area contributed by atoms with E-state index < -0.39 is 0 Å². The van der Waals surface area contributed by atoms with Crippen molar-refractivity contribution in [3.8, 4) is 0 Å². The van der Waals surface area contributed by atoms with Crippen LogP contribution in [-0.2, 0) is 0 Å². The van der Waals surface area contributed by atoms with Gasteiger partial charge in [-0.05, 0) is 12.1 Å². The van der Waals surface area contributed by atoms with Crippen LogP contribution in [0.5, 0.6) is 0 Å². The number of guanidine groups is 1. The summed E-state index contributed by atoms with van der Waals surface area (Å²) in [7, 11) is 1.73. The Balaban J connectivity index is 2.85. The summed E-state index contributed by atoms with van der Waals surface area (Å²) in [6.07, 6.45) is 3.32. The van der Waals surface area contributed by atoms with E-state index in [1.165, 1.54) is 0 Å². The first-order valence-electron chi connectivity index (χ1n) is 3.19. The Hall–Kier alpha value is -1.58. The van der Waals surface area contributed by atoms with Crippen LogP contribution in [0.25, 0.3) is 0 Å². The Morgan fingerprint density at radius 2 is 2.09 bits per heavy atom. The quantitative estimate of drug-likeness (QED) is 0.450. The molecule has 0 aliphatic heterocycles. The summed E-state index contributed by atoms with van der Waals surface area (Å²) in [5, 5.41) is 7.12. The van der Waals surface area contributed by atoms with E-state index in [0.717, 1.165) is 5.69 Å². The highest BCUT2D eigenvalue weighted by Gasteiger charge is 2.00. The fraction of sp³-hybridized carbons (Fsp3) is 0.143. The van der Waals surface area contributed by atoms with Gasteiger partial charge in [0.25, 0.3) is 0 Å². The molecule has 1 aromatic rings. The minimum Gasteiger partial charge on any atom is -0.370 e. The van der Waals surface area contributed by atoms with Crippen LogP contribution in [0.4, 0.5) is 5.69 Å². The van der Waals surface area contributed by atoms with Gasteiger partial charge in [-0.15, -0.1) is 0 Å². The molecule has 0 unspecified atom stereocenters. The minimum absolute atomic E-state index is 0.0243. The lowest BCUT2D eigenvalue weighted by atomic mass is 10.4. The maximum Gasteiger partial charge on any atom is 0.192 e. The Morgan fingerprint density at radius 3 is 2.55 bits per heavy atom. The van der Waals surface area contributed by atoms with Gasteiger partial charge in [0.15, 0.2) is 5.96 Å². The molecular weight excluding hydrogens is 140 g/mol. The summed E-state index contributed by atoms with van der Waals surface area (Å²) in [5.41, 5.74) is 6.12. The highest BCUT2D eigenvalue weighted by Crippen LogP contribution is 2.07. The third-order valence-corrected chi connectivity index (χ3v) is 1.41. The second-order valence-corrected chi connectivity index (χ2v) is 2.15. The van der Waals surface area contributed by atoms with Crippen molar-refractivity contribution >= 4 is 11.6 Å². The van der Waals surface area contributed by atoms with Gasteiger partial charge in [0.05, 0.1) is 0 Å². The molecule has 0 radical (unpaired) electrons. The summed E-state index contributed by atoms with van der Waals surface area (Å²) in [4.78, 5) is 5.42. The summed E-state index contributed by atoms with van der Waals surface area (Å²) >= 11 is 0. The van der Waals surface area contributed by atoms with Crippen molar-refractivity contribution in [3.63, 3.8) is 0 Å². The topological polar surface area (TPSA) is 66.0 Å². The molecule has 11 heavy (non-hydrogen) atoms. The predicted octanol–water partition coefficient (Wildman–Crippen LogP) is 0.411. The molecule has 1 heterocycles. The van der Waals surface area contributed by atoms with Gasteiger partial charge in [-0.3, -0.25) is 10.4 Å². The molecule has 0 aromatic carbocycles. The van der Waals surface area contributed by atoms with Crippen LogP contribution in [-0.4, -0.2) is 18.0 Å². The number of hydrogen-bond donors (Lipinski definition) is 2. The number of hydrogen-bond acceptors (Lipinski definition) is 2. The van der Waals surface area contributed by atoms with E-state index >= 15 is 0 Å². The molecule has 0 aliphatic rings. The highest BCUT2D eigenvalue weighted by molar-refractivity contribution is 5.91. The second kappa shape index (κ2) is 3.01. The zero-order valence-corrected chi connectivity index (χ0v) is 6.28. The Kier molecular flexibility index (Phi) is 2.06. The summed E-state index contributed by atoms with van der Waals surface area (Å²) < 4.78 is 0. The standard InChI is InChI=1S/C7H10N4/c1-11(7(8)9)6-2-4-10-5-3-6/h2-5H,1H3,(H3,8,9). The van der Waals surface area contributed by atoms with Gasteiger partial charge < -0.3 is 10.6 Å². The largest absolute Gasteiger partial charge is 0.370 e. The minimum atomic E-state index is 0.0243. The molecule has 0 atom stereocenters. The monoisotopic (exact) mass is 150 g/mol. The normalized spacial score (nSPS) is 9.18. The van der Waals surface area contributed by atoms with E-state index in [1.807, 2.05) is 0 Å². The van der Waals surface area contributed by atoms with E-state index in [1.54, 1.807) is 36.5 Å². The zero-order valence-electron chi connectivity index (χ0n) is 6.28. The van der Waals surface area contributed by atoms with Gasteiger partial charge in [-0.25, -0.2) is 0 Å². The number of aromatic nitrogens is 1. The van der Waals surface area contributed by atoms with Crippen molar-refractivity contribution in [2.45, 2.75) is 0 Å². The Bertz CT molecular complexity index is 244. The molecule has 0 saturated heterocycles. The second-order valence-electron chi connectivity index (χ2n) is 2.15. The van der Waals surface area contributed by atoms with Crippen molar-refractivity contribution < 1.29 is 0 Å². The van der Waals surface area contributed by atoms with Crippen LogP contribution in [0.2, 0.25) is 0 Å². The highest BCUT2D eigenvalue weighted by atomic mass is 15.2. The van der Waals surface area contributed by atoms with E-state index in [2.05, 4.69) is 4.98 Å². The van der Waals surface area contributed by atoms with Crippen LogP contribution in [0.15, 0.2) is 24.5 Å². The van der Waals surface area contributed by atoms with Crippen LogP contribution < -0.4 is 10.6 Å². The maximum absolute atomic E-state index is 7.12. The zero-order chi connectivity index (χ0) is 8.27. The van der Waals surface area contributed by atoms with E-state index in [0.29, 0.717) is 0 Å². The molecule has 0 spiro atoms. The van der Waals surface area contributed by atoms with Crippen molar-refractivity contribution in [1.29, 1.82) is 5.41 Å². The average Bonchev–Trinajstić information content (AvgIpc) is 2.05. The van der Waals surface area contributed by atoms with E-state index in [-0.39, 0.29) is 5.96 Å². The fourth-order valence-corrected chi connectivity index (χ4v) is 0.707. The van der Waals surface area contributed by atoms with Crippen molar-refractivity contribution in [3.05, 3.63) is 24.5 Å². The first kappa shape index (κ1) is 7.53. The van der Waals surface area contributed by atoms with E-state index in [9.17, 15) is 0 Å². The molecular formula is C7H10N4. The van der Waals surface area contributed by atoms with Gasteiger partial charge in [0.1, 0.15) is 0 Å². The number of nitrogens with zero attached hydrogens (tertiary/aromatic N) is 2. The molecule has 0 aliphatic carbocycles. The number of nitrogens with one attached hydrogen (secondary N) is 1. The lowest BCUT2D eigenvalue weighted by Crippen LogP contribution is -2.32. The molecule has 0 bridgehead atoms. The van der Waals surface area contributed by atoms with Crippen molar-refractivity contribution in [2.75, 3.05) is 11.9 Å². The van der Waals surface area contributed by atoms with Gasteiger partial charge >= 0.3 is 0 Å². The first-order valence-corrected chi connectivity index (χ1v) is 3.19. The molecule has 1 rings (SSSR count). The lowest BCUT2D eigenvalue weighted by Gasteiger charge is -2.15. The van der Waals surface area contributed by atoms with Crippen LogP contribution >= 0.6 is 0 Å². The van der Waals surface area contributed by atoms with Crippen molar-refractivity contribution in [2.24, 2.45) is 5.73 Å². The maximum atomic E-state index is 7.12. The molecule has 3 N–H and O–H groups in total. The number of rotatable bonds is 1.